The molecule has 7 heteroatoms. The topological polar surface area (TPSA) is 43.1 Å². The van der Waals surface area contributed by atoms with Crippen LogP contribution in [0.2, 0.25) is 0 Å². The summed E-state index contributed by atoms with van der Waals surface area (Å²) in [6.45, 7) is 0. The Bertz CT molecular complexity index is 471. The van der Waals surface area contributed by atoms with E-state index < -0.39 is 47.6 Å². The summed E-state index contributed by atoms with van der Waals surface area (Å²) in [4.78, 5) is 10.00. The maximum absolute atomic E-state index is 13.8. The molecule has 0 aliphatic heterocycles. The number of benzene rings is 1. The molecule has 1 aliphatic carbocycles. The summed E-state index contributed by atoms with van der Waals surface area (Å²) >= 11 is 0. The Labute approximate surface area is 106 Å². The van der Waals surface area contributed by atoms with E-state index in [9.17, 15) is 27.7 Å². The van der Waals surface area contributed by atoms with E-state index in [0.717, 1.165) is 12.1 Å². The Hall–Kier alpha value is -1.66. The number of nitro groups is 1. The zero-order valence-corrected chi connectivity index (χ0v) is 9.68. The van der Waals surface area contributed by atoms with Crippen molar-refractivity contribution in [3.63, 3.8) is 0 Å². The lowest BCUT2D eigenvalue weighted by Gasteiger charge is -2.34. The summed E-state index contributed by atoms with van der Waals surface area (Å²) in [6, 6.07) is 4.86. The molecule has 0 bridgehead atoms. The smallest absolute Gasteiger partial charge is 0.258 e. The van der Waals surface area contributed by atoms with E-state index in [4.69, 9.17) is 0 Å². The molecule has 0 N–H and O–H groups in total. The minimum absolute atomic E-state index is 0.308. The molecule has 1 saturated carbocycles. The van der Waals surface area contributed by atoms with Gasteiger partial charge < -0.3 is 0 Å². The molecular formula is C12H11F4NO2. The van der Waals surface area contributed by atoms with Crippen LogP contribution in [0, 0.1) is 10.1 Å². The minimum atomic E-state index is -2.29. The summed E-state index contributed by atoms with van der Waals surface area (Å²) in [5.74, 6) is -1.79. The van der Waals surface area contributed by atoms with Crippen LogP contribution in [0.4, 0.5) is 23.2 Å². The highest BCUT2D eigenvalue weighted by atomic mass is 19.2. The van der Waals surface area contributed by atoms with Gasteiger partial charge in [-0.1, -0.05) is 18.2 Å². The zero-order chi connectivity index (χ0) is 14.2. The molecule has 1 unspecified atom stereocenters. The molecule has 19 heavy (non-hydrogen) atoms. The first-order chi connectivity index (χ1) is 8.93. The second kappa shape index (κ2) is 5.14. The molecular weight excluding hydrogens is 266 g/mol. The molecule has 1 aliphatic rings. The Kier molecular flexibility index (Phi) is 3.73. The number of rotatable bonds is 2. The highest BCUT2D eigenvalue weighted by molar-refractivity contribution is 5.44. The maximum atomic E-state index is 13.8. The summed E-state index contributed by atoms with van der Waals surface area (Å²) in [7, 11) is 0. The maximum Gasteiger partial charge on any atom is 0.273 e. The van der Waals surface area contributed by atoms with Gasteiger partial charge in [-0.2, -0.15) is 0 Å². The normalized spacial score (nSPS) is 35.1. The van der Waals surface area contributed by atoms with Crippen molar-refractivity contribution in [1.82, 2.24) is 0 Å². The molecule has 2 rings (SSSR count). The first-order valence-corrected chi connectivity index (χ1v) is 5.73. The number of hydrogen-bond acceptors (Lipinski definition) is 2. The fraction of sp³-hybridized carbons (Fsp3) is 0.500. The molecule has 0 spiro atoms. The van der Waals surface area contributed by atoms with E-state index >= 15 is 0 Å². The van der Waals surface area contributed by atoms with Crippen LogP contribution in [-0.4, -0.2) is 29.6 Å². The molecule has 5 atom stereocenters. The van der Waals surface area contributed by atoms with Crippen molar-refractivity contribution >= 4 is 5.69 Å². The van der Waals surface area contributed by atoms with Gasteiger partial charge >= 0.3 is 0 Å². The molecule has 0 radical (unpaired) electrons. The predicted molar refractivity (Wildman–Crippen MR) is 60.0 cm³/mol. The molecule has 1 aromatic rings. The van der Waals surface area contributed by atoms with Crippen LogP contribution in [0.1, 0.15) is 17.9 Å². The van der Waals surface area contributed by atoms with Crippen molar-refractivity contribution in [3.05, 3.63) is 39.9 Å². The van der Waals surface area contributed by atoms with Gasteiger partial charge in [-0.3, -0.25) is 10.1 Å². The molecule has 104 valence electrons. The Morgan fingerprint density at radius 2 is 1.58 bits per heavy atom. The van der Waals surface area contributed by atoms with Gasteiger partial charge in [0.15, 0.2) is 0 Å². The second-order valence-corrected chi connectivity index (χ2v) is 4.50. The third-order valence-electron chi connectivity index (χ3n) is 3.32. The largest absolute Gasteiger partial charge is 0.273 e. The van der Waals surface area contributed by atoms with Crippen LogP contribution in [-0.2, 0) is 0 Å². The van der Waals surface area contributed by atoms with Crippen LogP contribution in [0.25, 0.3) is 0 Å². The Morgan fingerprint density at radius 1 is 1.05 bits per heavy atom. The van der Waals surface area contributed by atoms with E-state index in [2.05, 4.69) is 0 Å². The third kappa shape index (κ3) is 2.41. The van der Waals surface area contributed by atoms with E-state index in [1.807, 2.05) is 0 Å². The van der Waals surface area contributed by atoms with Gasteiger partial charge in [-0.25, -0.2) is 17.6 Å². The van der Waals surface area contributed by atoms with Crippen LogP contribution in [0.15, 0.2) is 24.3 Å². The SMILES string of the molecule is O=[N+]([O-])c1ccccc1C1[C@@H](F)[C@@H](F)C[C@@H](F)[C@H]1F. The van der Waals surface area contributed by atoms with Gasteiger partial charge in [0.1, 0.15) is 24.7 Å². The lowest BCUT2D eigenvalue weighted by molar-refractivity contribution is -0.386. The van der Waals surface area contributed by atoms with Crippen molar-refractivity contribution in [1.29, 1.82) is 0 Å². The van der Waals surface area contributed by atoms with Crippen molar-refractivity contribution in [2.75, 3.05) is 0 Å². The van der Waals surface area contributed by atoms with Crippen molar-refractivity contribution in [3.8, 4) is 0 Å². The lowest BCUT2D eigenvalue weighted by atomic mass is 9.78. The molecule has 0 amide bonds. The number of hydrogen-bond donors (Lipinski definition) is 0. The number of alkyl halides is 4. The van der Waals surface area contributed by atoms with Crippen molar-refractivity contribution in [2.45, 2.75) is 37.0 Å². The standard InChI is InChI=1S/C12H11F4NO2/c13-7-5-8(14)12(16)10(11(7)15)6-3-1-2-4-9(6)17(18)19/h1-4,7-8,10-12H,5H2/t7-,8+,10?,11-,12+. The minimum Gasteiger partial charge on any atom is -0.258 e. The molecule has 0 saturated heterocycles. The lowest BCUT2D eigenvalue weighted by Crippen LogP contribution is -2.44. The van der Waals surface area contributed by atoms with Crippen LogP contribution in [0.5, 0.6) is 0 Å². The molecule has 1 fully saturated rings. The Balaban J connectivity index is 2.46. The van der Waals surface area contributed by atoms with Gasteiger partial charge in [0.2, 0.25) is 0 Å². The average molecular weight is 277 g/mol. The summed E-state index contributed by atoms with van der Waals surface area (Å²) < 4.78 is 54.2. The fourth-order valence-electron chi connectivity index (χ4n) is 2.38. The van der Waals surface area contributed by atoms with Crippen molar-refractivity contribution in [2.24, 2.45) is 0 Å². The van der Waals surface area contributed by atoms with E-state index in [-0.39, 0.29) is 5.56 Å². The highest BCUT2D eigenvalue weighted by Crippen LogP contribution is 2.42. The predicted octanol–water partition coefficient (Wildman–Crippen LogP) is 3.43. The van der Waals surface area contributed by atoms with Crippen molar-refractivity contribution < 1.29 is 22.5 Å². The molecule has 3 nitrogen and oxygen atoms in total. The quantitative estimate of drug-likeness (QED) is 0.472. The van der Waals surface area contributed by atoms with E-state index in [0.29, 0.717) is 0 Å². The molecule has 1 aromatic carbocycles. The number of halogens is 4. The van der Waals surface area contributed by atoms with Gasteiger partial charge in [0.25, 0.3) is 5.69 Å². The van der Waals surface area contributed by atoms with Gasteiger partial charge in [0.05, 0.1) is 10.8 Å². The van der Waals surface area contributed by atoms with E-state index in [1.165, 1.54) is 12.1 Å². The summed E-state index contributed by atoms with van der Waals surface area (Å²) in [5, 5.41) is 10.8. The van der Waals surface area contributed by atoms with E-state index in [1.54, 1.807) is 0 Å². The van der Waals surface area contributed by atoms with Crippen LogP contribution in [0.3, 0.4) is 0 Å². The average Bonchev–Trinajstić information content (AvgIpc) is 2.37. The van der Waals surface area contributed by atoms with Gasteiger partial charge in [-0.05, 0) is 0 Å². The monoisotopic (exact) mass is 277 g/mol. The number of nitrogens with zero attached hydrogens (tertiary/aromatic N) is 1. The molecule has 0 aromatic heterocycles. The summed E-state index contributed by atoms with van der Waals surface area (Å²) in [5.41, 5.74) is -0.836. The molecule has 0 heterocycles. The fourth-order valence-corrected chi connectivity index (χ4v) is 2.38. The first kappa shape index (κ1) is 13.8. The van der Waals surface area contributed by atoms with Crippen LogP contribution < -0.4 is 0 Å². The zero-order valence-electron chi connectivity index (χ0n) is 9.68. The Morgan fingerprint density at radius 3 is 2.11 bits per heavy atom. The van der Waals surface area contributed by atoms with Gasteiger partial charge in [-0.15, -0.1) is 0 Å². The van der Waals surface area contributed by atoms with Crippen LogP contribution >= 0.6 is 0 Å². The van der Waals surface area contributed by atoms with Gasteiger partial charge in [0, 0.05) is 18.1 Å². The second-order valence-electron chi connectivity index (χ2n) is 4.50. The number of para-hydroxylation sites is 1. The third-order valence-corrected chi connectivity index (χ3v) is 3.32. The highest BCUT2D eigenvalue weighted by Gasteiger charge is 2.49. The first-order valence-electron chi connectivity index (χ1n) is 5.73. The summed E-state index contributed by atoms with van der Waals surface area (Å²) in [6.07, 6.45) is -9.76. The number of nitro benzene ring substituents is 1.